The zero-order valence-electron chi connectivity index (χ0n) is 8.79. The molecule has 76 valence electrons. The second-order valence-electron chi connectivity index (χ2n) is 3.43. The molecular formula is C12H17NO. The standard InChI is InChI=1S/C12H17NO/c1-4-7-14-12-8-9(2)5-6-11(12)10(3)13/h4-6,8,10H,1,7,13H2,2-3H3/t10-/m1/s1. The first kappa shape index (κ1) is 10.8. The van der Waals surface area contributed by atoms with E-state index in [1.165, 1.54) is 5.56 Å². The molecule has 0 unspecified atom stereocenters. The van der Waals surface area contributed by atoms with Gasteiger partial charge in [-0.3, -0.25) is 0 Å². The van der Waals surface area contributed by atoms with Gasteiger partial charge in [-0.05, 0) is 25.5 Å². The quantitative estimate of drug-likeness (QED) is 0.742. The summed E-state index contributed by atoms with van der Waals surface area (Å²) in [7, 11) is 0. The van der Waals surface area contributed by atoms with E-state index in [1.807, 2.05) is 32.0 Å². The Morgan fingerprint density at radius 1 is 1.57 bits per heavy atom. The van der Waals surface area contributed by atoms with Gasteiger partial charge < -0.3 is 10.5 Å². The van der Waals surface area contributed by atoms with Gasteiger partial charge in [0.15, 0.2) is 0 Å². The molecule has 0 fully saturated rings. The summed E-state index contributed by atoms with van der Waals surface area (Å²) in [5.74, 6) is 0.861. The van der Waals surface area contributed by atoms with Crippen molar-refractivity contribution in [3.63, 3.8) is 0 Å². The summed E-state index contributed by atoms with van der Waals surface area (Å²) in [6.45, 7) is 8.12. The summed E-state index contributed by atoms with van der Waals surface area (Å²) in [4.78, 5) is 0. The first-order valence-corrected chi connectivity index (χ1v) is 4.75. The van der Waals surface area contributed by atoms with Crippen LogP contribution in [0.5, 0.6) is 5.75 Å². The van der Waals surface area contributed by atoms with Crippen molar-refractivity contribution in [3.8, 4) is 5.75 Å². The Morgan fingerprint density at radius 3 is 2.86 bits per heavy atom. The highest BCUT2D eigenvalue weighted by atomic mass is 16.5. The largest absolute Gasteiger partial charge is 0.489 e. The van der Waals surface area contributed by atoms with Gasteiger partial charge in [0.1, 0.15) is 12.4 Å². The van der Waals surface area contributed by atoms with Gasteiger partial charge in [0.25, 0.3) is 0 Å². The second kappa shape index (κ2) is 4.82. The van der Waals surface area contributed by atoms with Crippen LogP contribution in [0.1, 0.15) is 24.1 Å². The molecule has 0 saturated heterocycles. The molecule has 0 radical (unpaired) electrons. The molecule has 2 heteroatoms. The minimum atomic E-state index is -0.00425. The molecule has 0 aliphatic heterocycles. The van der Waals surface area contributed by atoms with Crippen LogP contribution in [0.2, 0.25) is 0 Å². The molecule has 1 aromatic carbocycles. The zero-order chi connectivity index (χ0) is 10.6. The Labute approximate surface area is 85.4 Å². The maximum atomic E-state index is 5.83. The molecule has 0 saturated carbocycles. The Balaban J connectivity index is 2.96. The third-order valence-electron chi connectivity index (χ3n) is 2.02. The van der Waals surface area contributed by atoms with Gasteiger partial charge in [0.2, 0.25) is 0 Å². The molecule has 2 nitrogen and oxygen atoms in total. The Kier molecular flexibility index (Phi) is 3.72. The van der Waals surface area contributed by atoms with E-state index in [2.05, 4.69) is 6.58 Å². The highest BCUT2D eigenvalue weighted by Gasteiger charge is 2.07. The predicted molar refractivity (Wildman–Crippen MR) is 59.5 cm³/mol. The van der Waals surface area contributed by atoms with E-state index in [9.17, 15) is 0 Å². The van der Waals surface area contributed by atoms with Crippen molar-refractivity contribution < 1.29 is 4.74 Å². The summed E-state index contributed by atoms with van der Waals surface area (Å²) < 4.78 is 5.53. The summed E-state index contributed by atoms with van der Waals surface area (Å²) in [6, 6.07) is 6.05. The molecule has 0 amide bonds. The summed E-state index contributed by atoms with van der Waals surface area (Å²) in [5.41, 5.74) is 8.04. The van der Waals surface area contributed by atoms with Crippen LogP contribution in [0.25, 0.3) is 0 Å². The van der Waals surface area contributed by atoms with Gasteiger partial charge in [-0.25, -0.2) is 0 Å². The van der Waals surface area contributed by atoms with E-state index in [0.717, 1.165) is 11.3 Å². The van der Waals surface area contributed by atoms with E-state index in [0.29, 0.717) is 6.61 Å². The number of ether oxygens (including phenoxy) is 1. The van der Waals surface area contributed by atoms with Crippen LogP contribution in [0.3, 0.4) is 0 Å². The lowest BCUT2D eigenvalue weighted by atomic mass is 10.1. The molecule has 0 aliphatic rings. The van der Waals surface area contributed by atoms with Gasteiger partial charge in [0, 0.05) is 11.6 Å². The number of nitrogens with two attached hydrogens (primary N) is 1. The normalized spacial score (nSPS) is 12.2. The van der Waals surface area contributed by atoms with E-state index >= 15 is 0 Å². The molecule has 0 aliphatic carbocycles. The molecule has 0 bridgehead atoms. The van der Waals surface area contributed by atoms with E-state index in [4.69, 9.17) is 10.5 Å². The van der Waals surface area contributed by atoms with E-state index in [1.54, 1.807) is 6.08 Å². The van der Waals surface area contributed by atoms with Gasteiger partial charge in [-0.1, -0.05) is 24.8 Å². The second-order valence-corrected chi connectivity index (χ2v) is 3.43. The van der Waals surface area contributed by atoms with Crippen LogP contribution in [0.15, 0.2) is 30.9 Å². The number of benzene rings is 1. The number of rotatable bonds is 4. The maximum Gasteiger partial charge on any atom is 0.124 e. The molecule has 0 spiro atoms. The van der Waals surface area contributed by atoms with Crippen LogP contribution in [-0.4, -0.2) is 6.61 Å². The Hall–Kier alpha value is -1.28. The summed E-state index contributed by atoms with van der Waals surface area (Å²) in [5, 5.41) is 0. The van der Waals surface area contributed by atoms with Crippen molar-refractivity contribution in [3.05, 3.63) is 42.0 Å². The van der Waals surface area contributed by atoms with Gasteiger partial charge >= 0.3 is 0 Å². The fraction of sp³-hybridized carbons (Fsp3) is 0.333. The lowest BCUT2D eigenvalue weighted by molar-refractivity contribution is 0.357. The highest BCUT2D eigenvalue weighted by Crippen LogP contribution is 2.24. The third-order valence-corrected chi connectivity index (χ3v) is 2.02. The fourth-order valence-corrected chi connectivity index (χ4v) is 1.29. The fourth-order valence-electron chi connectivity index (χ4n) is 1.29. The highest BCUT2D eigenvalue weighted by molar-refractivity contribution is 5.39. The molecule has 14 heavy (non-hydrogen) atoms. The van der Waals surface area contributed by atoms with Gasteiger partial charge in [-0.2, -0.15) is 0 Å². The van der Waals surface area contributed by atoms with Crippen LogP contribution >= 0.6 is 0 Å². The molecule has 0 heterocycles. The monoisotopic (exact) mass is 191 g/mol. The van der Waals surface area contributed by atoms with Crippen molar-refractivity contribution in [1.29, 1.82) is 0 Å². The summed E-state index contributed by atoms with van der Waals surface area (Å²) in [6.07, 6.45) is 1.73. The zero-order valence-corrected chi connectivity index (χ0v) is 8.79. The van der Waals surface area contributed by atoms with Crippen molar-refractivity contribution in [1.82, 2.24) is 0 Å². The van der Waals surface area contributed by atoms with Gasteiger partial charge in [-0.15, -0.1) is 0 Å². The van der Waals surface area contributed by atoms with Crippen molar-refractivity contribution in [2.24, 2.45) is 5.73 Å². The predicted octanol–water partition coefficient (Wildman–Crippen LogP) is 2.58. The first-order valence-electron chi connectivity index (χ1n) is 4.75. The molecule has 1 aromatic rings. The lowest BCUT2D eigenvalue weighted by Crippen LogP contribution is -2.08. The number of aryl methyl sites for hydroxylation is 1. The van der Waals surface area contributed by atoms with Crippen molar-refractivity contribution in [2.75, 3.05) is 6.61 Å². The SMILES string of the molecule is C=CCOc1cc(C)ccc1[C@@H](C)N. The number of hydrogen-bond acceptors (Lipinski definition) is 2. The smallest absolute Gasteiger partial charge is 0.124 e. The van der Waals surface area contributed by atoms with Crippen LogP contribution in [-0.2, 0) is 0 Å². The molecule has 2 N–H and O–H groups in total. The average molecular weight is 191 g/mol. The topological polar surface area (TPSA) is 35.2 Å². The van der Waals surface area contributed by atoms with E-state index < -0.39 is 0 Å². The van der Waals surface area contributed by atoms with Crippen molar-refractivity contribution in [2.45, 2.75) is 19.9 Å². The molecule has 0 aromatic heterocycles. The lowest BCUT2D eigenvalue weighted by Gasteiger charge is -2.13. The van der Waals surface area contributed by atoms with Crippen LogP contribution in [0.4, 0.5) is 0 Å². The maximum absolute atomic E-state index is 5.83. The third kappa shape index (κ3) is 2.60. The van der Waals surface area contributed by atoms with Crippen LogP contribution < -0.4 is 10.5 Å². The number of hydrogen-bond donors (Lipinski definition) is 1. The Morgan fingerprint density at radius 2 is 2.29 bits per heavy atom. The molecule has 1 rings (SSSR count). The summed E-state index contributed by atoms with van der Waals surface area (Å²) >= 11 is 0. The van der Waals surface area contributed by atoms with Crippen molar-refractivity contribution >= 4 is 0 Å². The van der Waals surface area contributed by atoms with Crippen LogP contribution in [0, 0.1) is 6.92 Å². The minimum Gasteiger partial charge on any atom is -0.489 e. The minimum absolute atomic E-state index is 0.00425. The molecule has 1 atom stereocenters. The Bertz CT molecular complexity index is 318. The molecular weight excluding hydrogens is 174 g/mol. The van der Waals surface area contributed by atoms with E-state index in [-0.39, 0.29) is 6.04 Å². The van der Waals surface area contributed by atoms with Gasteiger partial charge in [0.05, 0.1) is 0 Å². The average Bonchev–Trinajstić information content (AvgIpc) is 2.14. The first-order chi connectivity index (χ1) is 6.65.